The zero-order chi connectivity index (χ0) is 32.7. The highest BCUT2D eigenvalue weighted by Crippen LogP contribution is 2.34. The standard InChI is InChI=1S/C34H42N6O6/c1-34(2,3)46-33(43)37-28-8-6-5-7-27(28)36-31(41)25-11-9-24(10-12-25)22-40(20-19-39-17-15-38(4)16-18-39)32(42)35-26-13-14-29-30(21-26)45-23-44-29/h5-14,21H,15-20,22-23H2,1-4H3,(H,35,42)(H,36,41)(H,37,43). The maximum absolute atomic E-state index is 13.5. The van der Waals surface area contributed by atoms with E-state index in [4.69, 9.17) is 14.2 Å². The number of amides is 4. The molecule has 5 rings (SSSR count). The van der Waals surface area contributed by atoms with E-state index < -0.39 is 11.7 Å². The SMILES string of the molecule is CN1CCN(CCN(Cc2ccc(C(=O)Nc3ccccc3NC(=O)OC(C)(C)C)cc2)C(=O)Nc2ccc3c(c2)OCO3)CC1. The third-order valence-electron chi connectivity index (χ3n) is 7.59. The number of likely N-dealkylation sites (N-methyl/N-ethyl adjacent to an activating group) is 1. The van der Waals surface area contributed by atoms with Gasteiger partial charge in [-0.3, -0.25) is 15.0 Å². The second-order valence-corrected chi connectivity index (χ2v) is 12.4. The number of carbonyl (C=O) groups excluding carboxylic acids is 3. The number of hydrogen-bond donors (Lipinski definition) is 3. The Bertz CT molecular complexity index is 1530. The van der Waals surface area contributed by atoms with Gasteiger partial charge in [0.15, 0.2) is 11.5 Å². The van der Waals surface area contributed by atoms with Gasteiger partial charge in [0.25, 0.3) is 5.91 Å². The molecule has 244 valence electrons. The Hall–Kier alpha value is -4.81. The first-order chi connectivity index (χ1) is 22.0. The summed E-state index contributed by atoms with van der Waals surface area (Å²) in [6, 6.07) is 19.2. The summed E-state index contributed by atoms with van der Waals surface area (Å²) in [4.78, 5) is 45.4. The van der Waals surface area contributed by atoms with Crippen molar-refractivity contribution in [2.75, 3.05) is 69.1 Å². The van der Waals surface area contributed by atoms with Crippen molar-refractivity contribution in [3.63, 3.8) is 0 Å². The molecule has 0 saturated carbocycles. The Labute approximate surface area is 269 Å². The molecule has 2 aliphatic heterocycles. The fraction of sp³-hybridized carbons (Fsp3) is 0.382. The van der Waals surface area contributed by atoms with Crippen molar-refractivity contribution in [1.82, 2.24) is 14.7 Å². The van der Waals surface area contributed by atoms with Crippen molar-refractivity contribution >= 4 is 35.1 Å². The van der Waals surface area contributed by atoms with Crippen molar-refractivity contribution < 1.29 is 28.6 Å². The van der Waals surface area contributed by atoms with Crippen molar-refractivity contribution in [3.8, 4) is 11.5 Å². The van der Waals surface area contributed by atoms with Crippen LogP contribution in [-0.4, -0.2) is 91.4 Å². The summed E-state index contributed by atoms with van der Waals surface area (Å²) in [5, 5.41) is 8.56. The van der Waals surface area contributed by atoms with Gasteiger partial charge in [0, 0.05) is 63.1 Å². The molecular weight excluding hydrogens is 588 g/mol. The van der Waals surface area contributed by atoms with E-state index >= 15 is 0 Å². The monoisotopic (exact) mass is 630 g/mol. The summed E-state index contributed by atoms with van der Waals surface area (Å²) in [5.41, 5.74) is 2.14. The maximum Gasteiger partial charge on any atom is 0.412 e. The van der Waals surface area contributed by atoms with Gasteiger partial charge in [-0.2, -0.15) is 0 Å². The van der Waals surface area contributed by atoms with Gasteiger partial charge in [0.2, 0.25) is 6.79 Å². The van der Waals surface area contributed by atoms with Crippen molar-refractivity contribution in [3.05, 3.63) is 77.9 Å². The molecule has 3 aromatic rings. The summed E-state index contributed by atoms with van der Waals surface area (Å²) in [5.74, 6) is 0.910. The molecule has 12 nitrogen and oxygen atoms in total. The van der Waals surface area contributed by atoms with Gasteiger partial charge in [-0.05, 0) is 69.8 Å². The topological polar surface area (TPSA) is 125 Å². The zero-order valence-corrected chi connectivity index (χ0v) is 26.8. The van der Waals surface area contributed by atoms with Crippen LogP contribution in [-0.2, 0) is 11.3 Å². The Balaban J connectivity index is 1.24. The molecule has 4 amide bonds. The molecule has 1 saturated heterocycles. The highest BCUT2D eigenvalue weighted by molar-refractivity contribution is 6.06. The fourth-order valence-corrected chi connectivity index (χ4v) is 5.05. The van der Waals surface area contributed by atoms with Gasteiger partial charge in [0.05, 0.1) is 11.4 Å². The number of urea groups is 1. The molecule has 0 unspecified atom stereocenters. The molecule has 0 atom stereocenters. The number of para-hydroxylation sites is 2. The van der Waals surface area contributed by atoms with Gasteiger partial charge in [0.1, 0.15) is 5.60 Å². The Morgan fingerprint density at radius 1 is 0.848 bits per heavy atom. The minimum absolute atomic E-state index is 0.160. The van der Waals surface area contributed by atoms with E-state index in [2.05, 4.69) is 32.8 Å². The van der Waals surface area contributed by atoms with Crippen LogP contribution in [0.2, 0.25) is 0 Å². The van der Waals surface area contributed by atoms with Crippen LogP contribution in [0.15, 0.2) is 66.7 Å². The number of benzene rings is 3. The van der Waals surface area contributed by atoms with Crippen LogP contribution in [0.3, 0.4) is 0 Å². The molecule has 1 fully saturated rings. The molecule has 2 heterocycles. The molecule has 0 spiro atoms. The second-order valence-electron chi connectivity index (χ2n) is 12.4. The van der Waals surface area contributed by atoms with E-state index in [0.717, 1.165) is 38.3 Å². The van der Waals surface area contributed by atoms with E-state index in [0.29, 0.717) is 47.2 Å². The van der Waals surface area contributed by atoms with Crippen molar-refractivity contribution in [2.45, 2.75) is 32.9 Å². The maximum atomic E-state index is 13.5. The quantitative estimate of drug-likeness (QED) is 0.291. The van der Waals surface area contributed by atoms with Crippen molar-refractivity contribution in [2.24, 2.45) is 0 Å². The van der Waals surface area contributed by atoms with E-state index in [9.17, 15) is 14.4 Å². The van der Waals surface area contributed by atoms with Gasteiger partial charge in [-0.25, -0.2) is 9.59 Å². The van der Waals surface area contributed by atoms with Gasteiger partial charge in [-0.1, -0.05) is 24.3 Å². The average Bonchev–Trinajstić information content (AvgIpc) is 3.48. The molecule has 0 aliphatic carbocycles. The van der Waals surface area contributed by atoms with E-state index in [-0.39, 0.29) is 18.7 Å². The van der Waals surface area contributed by atoms with Crippen LogP contribution in [0.4, 0.5) is 26.7 Å². The normalized spacial score (nSPS) is 14.8. The number of carbonyl (C=O) groups is 3. The van der Waals surface area contributed by atoms with Crippen LogP contribution < -0.4 is 25.4 Å². The van der Waals surface area contributed by atoms with Gasteiger partial charge >= 0.3 is 12.1 Å². The molecule has 3 aromatic carbocycles. The lowest BCUT2D eigenvalue weighted by molar-refractivity contribution is 0.0635. The van der Waals surface area contributed by atoms with Crippen LogP contribution >= 0.6 is 0 Å². The molecular formula is C34H42N6O6. The highest BCUT2D eigenvalue weighted by Gasteiger charge is 2.21. The number of nitrogens with zero attached hydrogens (tertiary/aromatic N) is 3. The average molecular weight is 631 g/mol. The largest absolute Gasteiger partial charge is 0.454 e. The van der Waals surface area contributed by atoms with Gasteiger partial charge in [-0.15, -0.1) is 0 Å². The van der Waals surface area contributed by atoms with E-state index in [1.165, 1.54) is 0 Å². The third kappa shape index (κ3) is 9.11. The second kappa shape index (κ2) is 14.5. The first kappa shape index (κ1) is 32.6. The minimum atomic E-state index is -0.656. The number of piperazine rings is 1. The Morgan fingerprint density at radius 3 is 2.22 bits per heavy atom. The molecule has 12 heteroatoms. The molecule has 3 N–H and O–H groups in total. The van der Waals surface area contributed by atoms with Crippen LogP contribution in [0.1, 0.15) is 36.7 Å². The summed E-state index contributed by atoms with van der Waals surface area (Å²) in [6.07, 6.45) is -0.613. The lowest BCUT2D eigenvalue weighted by Gasteiger charge is -2.34. The number of nitrogens with one attached hydrogen (secondary N) is 3. The van der Waals surface area contributed by atoms with Crippen LogP contribution in [0.25, 0.3) is 0 Å². The summed E-state index contributed by atoms with van der Waals surface area (Å²) in [6.45, 7) is 11.0. The Kier molecular flexibility index (Phi) is 10.3. The molecule has 0 aromatic heterocycles. The summed E-state index contributed by atoms with van der Waals surface area (Å²) in [7, 11) is 2.12. The smallest absolute Gasteiger partial charge is 0.412 e. The van der Waals surface area contributed by atoms with Crippen LogP contribution in [0.5, 0.6) is 11.5 Å². The van der Waals surface area contributed by atoms with Gasteiger partial charge < -0.3 is 34.6 Å². The van der Waals surface area contributed by atoms with Crippen molar-refractivity contribution in [1.29, 1.82) is 0 Å². The first-order valence-corrected chi connectivity index (χ1v) is 15.4. The number of hydrogen-bond acceptors (Lipinski definition) is 8. The molecule has 46 heavy (non-hydrogen) atoms. The summed E-state index contributed by atoms with van der Waals surface area (Å²) < 4.78 is 16.2. The number of anilines is 3. The number of fused-ring (bicyclic) bond motifs is 1. The molecule has 2 aliphatic rings. The predicted molar refractivity (Wildman–Crippen MR) is 177 cm³/mol. The molecule has 0 radical (unpaired) electrons. The third-order valence-corrected chi connectivity index (χ3v) is 7.59. The predicted octanol–water partition coefficient (Wildman–Crippen LogP) is 5.30. The fourth-order valence-electron chi connectivity index (χ4n) is 5.05. The van der Waals surface area contributed by atoms with E-state index in [1.54, 1.807) is 80.3 Å². The lowest BCUT2D eigenvalue weighted by Crippen LogP contribution is -2.48. The minimum Gasteiger partial charge on any atom is -0.454 e. The van der Waals surface area contributed by atoms with Crippen LogP contribution in [0, 0.1) is 0 Å². The molecule has 0 bridgehead atoms. The first-order valence-electron chi connectivity index (χ1n) is 15.4. The zero-order valence-electron chi connectivity index (χ0n) is 26.8. The van der Waals surface area contributed by atoms with E-state index in [1.807, 2.05) is 12.1 Å². The lowest BCUT2D eigenvalue weighted by atomic mass is 10.1. The summed E-state index contributed by atoms with van der Waals surface area (Å²) >= 11 is 0. The number of ether oxygens (including phenoxy) is 3. The Morgan fingerprint density at radius 2 is 1.52 bits per heavy atom. The highest BCUT2D eigenvalue weighted by atomic mass is 16.7. The number of rotatable bonds is 9.